The average molecular weight is 223 g/mol. The Balaban J connectivity index is 1.70. The molecule has 1 heteroatoms. The zero-order valence-electron chi connectivity index (χ0n) is 11.4. The van der Waals surface area contributed by atoms with E-state index in [4.69, 9.17) is 0 Å². The maximum atomic E-state index is 3.60. The molecule has 2 aliphatic rings. The molecule has 2 rings (SSSR count). The van der Waals surface area contributed by atoms with Gasteiger partial charge in [0.1, 0.15) is 0 Å². The van der Waals surface area contributed by atoms with Crippen molar-refractivity contribution in [2.24, 2.45) is 23.2 Å². The molecule has 0 bridgehead atoms. The highest BCUT2D eigenvalue weighted by atomic mass is 14.9. The first kappa shape index (κ1) is 12.4. The molecule has 1 atom stereocenters. The molecule has 0 radical (unpaired) electrons. The van der Waals surface area contributed by atoms with Crippen LogP contribution in [0, 0.1) is 23.2 Å². The van der Waals surface area contributed by atoms with Gasteiger partial charge in [0.2, 0.25) is 0 Å². The van der Waals surface area contributed by atoms with Crippen LogP contribution in [0.5, 0.6) is 0 Å². The lowest BCUT2D eigenvalue weighted by molar-refractivity contribution is 0.197. The fourth-order valence-electron chi connectivity index (χ4n) is 3.67. The largest absolute Gasteiger partial charge is 0.316 e. The van der Waals surface area contributed by atoms with Gasteiger partial charge in [-0.15, -0.1) is 0 Å². The number of hydrogen-bond acceptors (Lipinski definition) is 1. The van der Waals surface area contributed by atoms with Crippen molar-refractivity contribution in [3.63, 3.8) is 0 Å². The summed E-state index contributed by atoms with van der Waals surface area (Å²) in [5.41, 5.74) is 0.798. The summed E-state index contributed by atoms with van der Waals surface area (Å²) in [4.78, 5) is 0. The summed E-state index contributed by atoms with van der Waals surface area (Å²) in [7, 11) is 0. The Kier molecular flexibility index (Phi) is 3.94. The third kappa shape index (κ3) is 2.61. The molecule has 1 spiro atoms. The van der Waals surface area contributed by atoms with Gasteiger partial charge in [0.15, 0.2) is 0 Å². The molecule has 2 aliphatic carbocycles. The molecule has 0 aromatic heterocycles. The van der Waals surface area contributed by atoms with E-state index in [1.54, 1.807) is 0 Å². The zero-order chi connectivity index (χ0) is 11.6. The molecule has 0 aromatic rings. The van der Waals surface area contributed by atoms with Gasteiger partial charge in [0.25, 0.3) is 0 Å². The normalized spacial score (nSPS) is 38.2. The van der Waals surface area contributed by atoms with Gasteiger partial charge < -0.3 is 5.32 Å². The lowest BCUT2D eigenvalue weighted by atomic mass is 9.74. The van der Waals surface area contributed by atoms with E-state index in [0.717, 1.165) is 23.2 Å². The molecule has 2 saturated carbocycles. The van der Waals surface area contributed by atoms with Gasteiger partial charge in [-0.05, 0) is 74.8 Å². The third-order valence-corrected chi connectivity index (χ3v) is 5.15. The fraction of sp³-hybridized carbons (Fsp3) is 1.00. The maximum Gasteiger partial charge on any atom is -0.00150 e. The van der Waals surface area contributed by atoms with Crippen molar-refractivity contribution in [2.75, 3.05) is 13.1 Å². The van der Waals surface area contributed by atoms with E-state index in [0.29, 0.717) is 0 Å². The van der Waals surface area contributed by atoms with E-state index >= 15 is 0 Å². The molecule has 2 fully saturated rings. The standard InChI is InChI=1S/C15H29N/c1-4-9-16-11-14-10-15(14)7-5-13(6-8-15)12(2)3/h12-14,16H,4-11H2,1-3H3. The predicted octanol–water partition coefficient (Wildman–Crippen LogP) is 3.84. The Labute approximate surface area is 101 Å². The minimum Gasteiger partial charge on any atom is -0.316 e. The molecule has 94 valence electrons. The van der Waals surface area contributed by atoms with Crippen molar-refractivity contribution in [2.45, 2.75) is 59.3 Å². The van der Waals surface area contributed by atoms with Crippen LogP contribution in [0.25, 0.3) is 0 Å². The van der Waals surface area contributed by atoms with Gasteiger partial charge in [-0.25, -0.2) is 0 Å². The second-order valence-corrected chi connectivity index (χ2v) is 6.55. The van der Waals surface area contributed by atoms with Crippen LogP contribution in [0.4, 0.5) is 0 Å². The SMILES string of the molecule is CCCNCC1CC12CCC(C(C)C)CC2. The van der Waals surface area contributed by atoms with Gasteiger partial charge in [-0.2, -0.15) is 0 Å². The molecule has 1 unspecified atom stereocenters. The third-order valence-electron chi connectivity index (χ3n) is 5.15. The van der Waals surface area contributed by atoms with Crippen LogP contribution in [0.3, 0.4) is 0 Å². The first-order valence-corrected chi connectivity index (χ1v) is 7.38. The summed E-state index contributed by atoms with van der Waals surface area (Å²) >= 11 is 0. The Morgan fingerprint density at radius 1 is 1.25 bits per heavy atom. The van der Waals surface area contributed by atoms with E-state index in [2.05, 4.69) is 26.1 Å². The molecule has 0 saturated heterocycles. The lowest BCUT2D eigenvalue weighted by Gasteiger charge is -2.32. The lowest BCUT2D eigenvalue weighted by Crippen LogP contribution is -2.24. The predicted molar refractivity (Wildman–Crippen MR) is 70.5 cm³/mol. The number of rotatable bonds is 5. The molecule has 0 aromatic carbocycles. The van der Waals surface area contributed by atoms with Gasteiger partial charge in [0.05, 0.1) is 0 Å². The average Bonchev–Trinajstić information content (AvgIpc) is 2.92. The molecule has 0 aliphatic heterocycles. The summed E-state index contributed by atoms with van der Waals surface area (Å²) < 4.78 is 0. The minimum atomic E-state index is 0.798. The molecular weight excluding hydrogens is 194 g/mol. The van der Waals surface area contributed by atoms with Crippen LogP contribution >= 0.6 is 0 Å². The van der Waals surface area contributed by atoms with E-state index in [9.17, 15) is 0 Å². The van der Waals surface area contributed by atoms with Crippen molar-refractivity contribution in [1.82, 2.24) is 5.32 Å². The van der Waals surface area contributed by atoms with Crippen LogP contribution in [-0.4, -0.2) is 13.1 Å². The van der Waals surface area contributed by atoms with Crippen molar-refractivity contribution >= 4 is 0 Å². The van der Waals surface area contributed by atoms with Crippen LogP contribution in [-0.2, 0) is 0 Å². The first-order chi connectivity index (χ1) is 7.68. The van der Waals surface area contributed by atoms with Gasteiger partial charge in [-0.3, -0.25) is 0 Å². The molecule has 1 nitrogen and oxygen atoms in total. The molecule has 0 heterocycles. The second kappa shape index (κ2) is 5.08. The molecular formula is C15H29N. The first-order valence-electron chi connectivity index (χ1n) is 7.38. The summed E-state index contributed by atoms with van der Waals surface area (Å²) in [5, 5.41) is 3.60. The van der Waals surface area contributed by atoms with Crippen molar-refractivity contribution in [3.8, 4) is 0 Å². The highest BCUT2D eigenvalue weighted by Gasteiger charge is 2.54. The van der Waals surface area contributed by atoms with Crippen LogP contribution < -0.4 is 5.32 Å². The van der Waals surface area contributed by atoms with E-state index < -0.39 is 0 Å². The Bertz CT molecular complexity index is 213. The number of hydrogen-bond donors (Lipinski definition) is 1. The highest BCUT2D eigenvalue weighted by Crippen LogP contribution is 2.62. The van der Waals surface area contributed by atoms with E-state index in [1.807, 2.05) is 0 Å². The van der Waals surface area contributed by atoms with Crippen molar-refractivity contribution in [3.05, 3.63) is 0 Å². The van der Waals surface area contributed by atoms with Crippen LogP contribution in [0.2, 0.25) is 0 Å². The summed E-state index contributed by atoms with van der Waals surface area (Å²) in [5.74, 6) is 2.95. The Hall–Kier alpha value is -0.0400. The fourth-order valence-corrected chi connectivity index (χ4v) is 3.67. The van der Waals surface area contributed by atoms with Crippen LogP contribution in [0.1, 0.15) is 59.3 Å². The van der Waals surface area contributed by atoms with Crippen LogP contribution in [0.15, 0.2) is 0 Å². The second-order valence-electron chi connectivity index (χ2n) is 6.55. The van der Waals surface area contributed by atoms with Gasteiger partial charge in [-0.1, -0.05) is 20.8 Å². The molecule has 0 amide bonds. The molecule has 16 heavy (non-hydrogen) atoms. The minimum absolute atomic E-state index is 0.798. The summed E-state index contributed by atoms with van der Waals surface area (Å²) in [6.07, 6.45) is 8.84. The topological polar surface area (TPSA) is 12.0 Å². The zero-order valence-corrected chi connectivity index (χ0v) is 11.4. The van der Waals surface area contributed by atoms with Gasteiger partial charge >= 0.3 is 0 Å². The summed E-state index contributed by atoms with van der Waals surface area (Å²) in [6, 6.07) is 0. The monoisotopic (exact) mass is 223 g/mol. The molecule has 1 N–H and O–H groups in total. The number of nitrogens with one attached hydrogen (secondary N) is 1. The van der Waals surface area contributed by atoms with E-state index in [1.165, 1.54) is 51.6 Å². The van der Waals surface area contributed by atoms with Crippen molar-refractivity contribution in [1.29, 1.82) is 0 Å². The Morgan fingerprint density at radius 3 is 2.50 bits per heavy atom. The Morgan fingerprint density at radius 2 is 1.94 bits per heavy atom. The van der Waals surface area contributed by atoms with E-state index in [-0.39, 0.29) is 0 Å². The highest BCUT2D eigenvalue weighted by molar-refractivity contribution is 5.05. The van der Waals surface area contributed by atoms with Gasteiger partial charge in [0, 0.05) is 0 Å². The smallest absolute Gasteiger partial charge is 0.00150 e. The summed E-state index contributed by atoms with van der Waals surface area (Å²) in [6.45, 7) is 9.55. The maximum absolute atomic E-state index is 3.60. The van der Waals surface area contributed by atoms with Crippen molar-refractivity contribution < 1.29 is 0 Å². The quantitative estimate of drug-likeness (QED) is 0.698.